The Morgan fingerprint density at radius 2 is 1.73 bits per heavy atom. The van der Waals surface area contributed by atoms with E-state index in [-0.39, 0.29) is 0 Å². The number of nitrogens with one attached hydrogen (secondary N) is 2. The quantitative estimate of drug-likeness (QED) is 0.448. The smallest absolute Gasteiger partial charge is 0.431 e. The SMILES string of the molecule is CCl.O=C(O)N1CCNCCO1.O=C(O)N1CCNOCC1. The molecule has 11 heteroatoms. The summed E-state index contributed by atoms with van der Waals surface area (Å²) in [6.07, 6.45) is -0.434. The zero-order valence-electron chi connectivity index (χ0n) is 12.5. The van der Waals surface area contributed by atoms with Crippen LogP contribution in [0.1, 0.15) is 0 Å². The van der Waals surface area contributed by atoms with Crippen molar-refractivity contribution in [2.75, 3.05) is 58.9 Å². The van der Waals surface area contributed by atoms with E-state index in [1.807, 2.05) is 0 Å². The first-order valence-electron chi connectivity index (χ1n) is 6.65. The van der Waals surface area contributed by atoms with Gasteiger partial charge in [0.1, 0.15) is 0 Å². The van der Waals surface area contributed by atoms with Gasteiger partial charge in [-0.05, 0) is 0 Å². The van der Waals surface area contributed by atoms with Gasteiger partial charge in [-0.25, -0.2) is 15.1 Å². The first-order valence-corrected chi connectivity index (χ1v) is 7.41. The van der Waals surface area contributed by atoms with Crippen molar-refractivity contribution in [3.05, 3.63) is 0 Å². The average Bonchev–Trinajstić information content (AvgIpc) is 2.95. The van der Waals surface area contributed by atoms with Crippen molar-refractivity contribution in [1.82, 2.24) is 20.8 Å². The zero-order valence-corrected chi connectivity index (χ0v) is 13.2. The Hall–Kier alpha value is -1.33. The second-order valence-electron chi connectivity index (χ2n) is 3.98. The van der Waals surface area contributed by atoms with Gasteiger partial charge in [-0.1, -0.05) is 0 Å². The number of hydrogen-bond donors (Lipinski definition) is 4. The van der Waals surface area contributed by atoms with Crippen molar-refractivity contribution in [1.29, 1.82) is 0 Å². The van der Waals surface area contributed by atoms with Gasteiger partial charge in [0, 0.05) is 39.1 Å². The molecule has 2 rings (SSSR count). The van der Waals surface area contributed by atoms with E-state index in [1.54, 1.807) is 0 Å². The second kappa shape index (κ2) is 13.3. The molecule has 2 heterocycles. The summed E-state index contributed by atoms with van der Waals surface area (Å²) >= 11 is 4.64. The van der Waals surface area contributed by atoms with Crippen LogP contribution in [0.3, 0.4) is 0 Å². The minimum atomic E-state index is -1.02. The van der Waals surface area contributed by atoms with Crippen LogP contribution in [-0.4, -0.2) is 91.2 Å². The molecule has 4 N–H and O–H groups in total. The normalized spacial score (nSPS) is 18.6. The van der Waals surface area contributed by atoms with E-state index < -0.39 is 12.2 Å². The Balaban J connectivity index is 0.000000360. The number of carboxylic acid groups (broad SMARTS) is 2. The summed E-state index contributed by atoms with van der Waals surface area (Å²) in [5.74, 6) is 0. The molecule has 10 nitrogen and oxygen atoms in total. The molecule has 0 aliphatic carbocycles. The van der Waals surface area contributed by atoms with Gasteiger partial charge in [-0.3, -0.25) is 9.68 Å². The van der Waals surface area contributed by atoms with Crippen LogP contribution in [0.2, 0.25) is 0 Å². The fraction of sp³-hybridized carbons (Fsp3) is 0.818. The Kier molecular flexibility index (Phi) is 12.5. The van der Waals surface area contributed by atoms with Crippen molar-refractivity contribution in [2.45, 2.75) is 0 Å². The molecule has 2 saturated heterocycles. The van der Waals surface area contributed by atoms with E-state index in [0.29, 0.717) is 52.5 Å². The highest BCUT2D eigenvalue weighted by Gasteiger charge is 2.14. The second-order valence-corrected chi connectivity index (χ2v) is 3.98. The average molecular weight is 343 g/mol. The maximum absolute atomic E-state index is 10.3. The minimum Gasteiger partial charge on any atom is -0.465 e. The van der Waals surface area contributed by atoms with E-state index >= 15 is 0 Å². The summed E-state index contributed by atoms with van der Waals surface area (Å²) in [6.45, 7) is 4.12. The highest BCUT2D eigenvalue weighted by Crippen LogP contribution is 1.93. The number of rotatable bonds is 0. The summed E-state index contributed by atoms with van der Waals surface area (Å²) in [4.78, 5) is 31.6. The molecule has 0 radical (unpaired) electrons. The van der Waals surface area contributed by atoms with Crippen LogP contribution in [0, 0.1) is 0 Å². The van der Waals surface area contributed by atoms with Crippen LogP contribution in [0.4, 0.5) is 9.59 Å². The lowest BCUT2D eigenvalue weighted by Gasteiger charge is -2.13. The third-order valence-corrected chi connectivity index (χ3v) is 2.55. The molecule has 130 valence electrons. The van der Waals surface area contributed by atoms with Crippen molar-refractivity contribution in [3.8, 4) is 0 Å². The Morgan fingerprint density at radius 3 is 2.36 bits per heavy atom. The van der Waals surface area contributed by atoms with Crippen molar-refractivity contribution < 1.29 is 29.5 Å². The largest absolute Gasteiger partial charge is 0.465 e. The van der Waals surface area contributed by atoms with Crippen LogP contribution < -0.4 is 10.8 Å². The molecule has 2 fully saturated rings. The zero-order chi connectivity index (χ0) is 16.8. The Labute approximate surface area is 133 Å². The Morgan fingerprint density at radius 1 is 1.00 bits per heavy atom. The predicted octanol–water partition coefficient (Wildman–Crippen LogP) is -0.143. The maximum atomic E-state index is 10.3. The highest BCUT2D eigenvalue weighted by atomic mass is 35.5. The number of amides is 2. The first kappa shape index (κ1) is 20.7. The predicted molar refractivity (Wildman–Crippen MR) is 78.9 cm³/mol. The van der Waals surface area contributed by atoms with Crippen molar-refractivity contribution in [2.24, 2.45) is 0 Å². The van der Waals surface area contributed by atoms with E-state index in [2.05, 4.69) is 22.4 Å². The van der Waals surface area contributed by atoms with E-state index in [0.717, 1.165) is 5.06 Å². The molecule has 0 aromatic rings. The number of halogens is 1. The maximum Gasteiger partial charge on any atom is 0.431 e. The number of nitrogens with zero attached hydrogens (tertiary/aromatic N) is 2. The topological polar surface area (TPSA) is 124 Å². The number of alkyl halides is 1. The van der Waals surface area contributed by atoms with Gasteiger partial charge in [0.25, 0.3) is 0 Å². The lowest BCUT2D eigenvalue weighted by molar-refractivity contribution is -0.119. The minimum absolute atomic E-state index is 0.398. The van der Waals surface area contributed by atoms with Crippen molar-refractivity contribution in [3.63, 3.8) is 0 Å². The number of carbonyl (C=O) groups is 2. The molecule has 2 aliphatic rings. The molecule has 0 atom stereocenters. The van der Waals surface area contributed by atoms with E-state index in [9.17, 15) is 9.59 Å². The van der Waals surface area contributed by atoms with Crippen LogP contribution in [0.25, 0.3) is 0 Å². The molecule has 22 heavy (non-hydrogen) atoms. The molecule has 0 bridgehead atoms. The van der Waals surface area contributed by atoms with Crippen LogP contribution in [-0.2, 0) is 9.68 Å². The lowest BCUT2D eigenvalue weighted by Crippen LogP contribution is -2.33. The fourth-order valence-electron chi connectivity index (χ4n) is 1.53. The van der Waals surface area contributed by atoms with Gasteiger partial charge in [0.15, 0.2) is 0 Å². The van der Waals surface area contributed by atoms with Gasteiger partial charge >= 0.3 is 12.2 Å². The van der Waals surface area contributed by atoms with Gasteiger partial charge < -0.3 is 20.4 Å². The molecule has 2 aliphatic heterocycles. The van der Waals surface area contributed by atoms with Crippen molar-refractivity contribution >= 4 is 23.8 Å². The molecule has 0 unspecified atom stereocenters. The summed E-state index contributed by atoms with van der Waals surface area (Å²) < 4.78 is 0. The van der Waals surface area contributed by atoms with Gasteiger partial charge in [0.2, 0.25) is 0 Å². The summed E-state index contributed by atoms with van der Waals surface area (Å²) in [5.41, 5.74) is 2.63. The van der Waals surface area contributed by atoms with Gasteiger partial charge in [-0.2, -0.15) is 5.06 Å². The Bertz CT molecular complexity index is 277. The lowest BCUT2D eigenvalue weighted by atomic mass is 10.5. The first-order chi connectivity index (χ1) is 10.6. The summed E-state index contributed by atoms with van der Waals surface area (Å²) in [6, 6.07) is 0. The molecule has 0 saturated carbocycles. The monoisotopic (exact) mass is 342 g/mol. The number of hydrogen-bond acceptors (Lipinski definition) is 6. The summed E-state index contributed by atoms with van der Waals surface area (Å²) in [7, 11) is 0. The van der Waals surface area contributed by atoms with Gasteiger partial charge in [0.05, 0.1) is 19.8 Å². The van der Waals surface area contributed by atoms with Gasteiger partial charge in [-0.15, -0.1) is 11.6 Å². The molecule has 0 spiro atoms. The number of hydroxylamine groups is 3. The van der Waals surface area contributed by atoms with Crippen LogP contribution in [0.15, 0.2) is 0 Å². The highest BCUT2D eigenvalue weighted by molar-refractivity contribution is 6.15. The molecular weight excluding hydrogens is 320 g/mol. The molecular formula is C11H23ClN4O6. The molecule has 2 amide bonds. The third-order valence-electron chi connectivity index (χ3n) is 2.55. The standard InChI is InChI=1S/2C5H10N2O3.CH3Cl/c8-5(9)7-3-1-6-2-4-10-7;8-5(9)7-2-1-6-10-4-3-7;1-2/h2*6H,1-4H2,(H,8,9);1H3. The fourth-order valence-corrected chi connectivity index (χ4v) is 1.53. The molecule has 0 aromatic carbocycles. The summed E-state index contributed by atoms with van der Waals surface area (Å²) in [5, 5.41) is 20.9. The third kappa shape index (κ3) is 9.58. The van der Waals surface area contributed by atoms with Crippen LogP contribution >= 0.6 is 11.6 Å². The van der Waals surface area contributed by atoms with Crippen LogP contribution in [0.5, 0.6) is 0 Å². The molecule has 0 aromatic heterocycles. The van der Waals surface area contributed by atoms with E-state index in [4.69, 9.17) is 19.9 Å². The van der Waals surface area contributed by atoms with E-state index in [1.165, 1.54) is 11.3 Å².